The third-order valence-electron chi connectivity index (χ3n) is 9.54. The number of aromatic nitrogens is 8. The minimum absolute atomic E-state index is 0.0212. The van der Waals surface area contributed by atoms with E-state index in [0.717, 1.165) is 11.1 Å². The molecule has 4 N–H and O–H groups in total. The zero-order chi connectivity index (χ0) is 35.7. The molecular formula is C36H45N11O4. The molecule has 5 aromatic rings. The number of benzene rings is 2. The molecule has 2 aromatic carbocycles. The Hall–Kier alpha value is -5.15. The number of ether oxygens (including phenoxy) is 1. The maximum atomic E-state index is 12.6. The standard InChI is InChI=1S/C36H45N11O4/c1-5-28-42-44-47(43-28)27-18-26(30(48)31(27)49)46-21-38-29-32(37-19-25(22-12-8-6-9-13-22)23-14-10-7-11-15-23)40-34(41-33(29)46)45-17-16-24(20-45)39-35(50)51-36(2,3)4/h6-15,21,24-27,30-31,48-49H,5,16-20H2,1-4H3,(H,39,50)(H,37,40,41)/t24-,26-,27+,30?,31?/m1/s1. The number of nitrogens with one attached hydrogen (secondary N) is 2. The number of nitrogens with zero attached hydrogens (tertiary/aromatic N) is 9. The second kappa shape index (κ2) is 14.2. The number of carbonyl (C=O) groups is 1. The molecule has 2 unspecified atom stereocenters. The third kappa shape index (κ3) is 7.35. The number of rotatable bonds is 10. The third-order valence-corrected chi connectivity index (χ3v) is 9.54. The van der Waals surface area contributed by atoms with E-state index in [9.17, 15) is 15.0 Å². The molecule has 1 amide bonds. The van der Waals surface area contributed by atoms with E-state index in [1.165, 1.54) is 4.80 Å². The van der Waals surface area contributed by atoms with Crippen LogP contribution in [0.5, 0.6) is 0 Å². The van der Waals surface area contributed by atoms with Crippen molar-refractivity contribution in [2.24, 2.45) is 0 Å². The van der Waals surface area contributed by atoms with Crippen LogP contribution in [0, 0.1) is 0 Å². The maximum absolute atomic E-state index is 12.6. The summed E-state index contributed by atoms with van der Waals surface area (Å²) < 4.78 is 7.31. The van der Waals surface area contributed by atoms with Gasteiger partial charge in [-0.05, 0) is 50.0 Å². The van der Waals surface area contributed by atoms with Gasteiger partial charge in [-0.15, -0.1) is 10.2 Å². The van der Waals surface area contributed by atoms with Gasteiger partial charge in [0.15, 0.2) is 22.8 Å². The van der Waals surface area contributed by atoms with Gasteiger partial charge in [-0.1, -0.05) is 67.6 Å². The van der Waals surface area contributed by atoms with Crippen LogP contribution in [-0.2, 0) is 11.2 Å². The Labute approximate surface area is 296 Å². The van der Waals surface area contributed by atoms with Crippen molar-refractivity contribution in [2.45, 2.75) is 88.8 Å². The summed E-state index contributed by atoms with van der Waals surface area (Å²) in [5.74, 6) is 1.60. The minimum atomic E-state index is -1.13. The number of anilines is 2. The number of amides is 1. The van der Waals surface area contributed by atoms with Gasteiger partial charge in [-0.25, -0.2) is 9.78 Å². The number of aliphatic hydroxyl groups excluding tert-OH is 2. The van der Waals surface area contributed by atoms with E-state index >= 15 is 0 Å². The van der Waals surface area contributed by atoms with Gasteiger partial charge in [0.2, 0.25) is 5.95 Å². The summed E-state index contributed by atoms with van der Waals surface area (Å²) in [4.78, 5) is 30.8. The number of alkyl carbamates (subject to hydrolysis) is 1. The first-order valence-electron chi connectivity index (χ1n) is 17.5. The van der Waals surface area contributed by atoms with Crippen molar-refractivity contribution in [2.75, 3.05) is 29.9 Å². The van der Waals surface area contributed by atoms with Gasteiger partial charge >= 0.3 is 6.09 Å². The number of fused-ring (bicyclic) bond motifs is 1. The van der Waals surface area contributed by atoms with Crippen LogP contribution in [0.4, 0.5) is 16.6 Å². The van der Waals surface area contributed by atoms with Gasteiger partial charge < -0.3 is 35.1 Å². The molecule has 15 nitrogen and oxygen atoms in total. The van der Waals surface area contributed by atoms with E-state index in [0.29, 0.717) is 67.7 Å². The van der Waals surface area contributed by atoms with E-state index in [4.69, 9.17) is 19.7 Å². The molecule has 2 fully saturated rings. The molecule has 1 aliphatic carbocycles. The summed E-state index contributed by atoms with van der Waals surface area (Å²) in [7, 11) is 0. The minimum Gasteiger partial charge on any atom is -0.444 e. The highest BCUT2D eigenvalue weighted by molar-refractivity contribution is 5.84. The molecule has 0 spiro atoms. The largest absolute Gasteiger partial charge is 0.444 e. The second-order valence-electron chi connectivity index (χ2n) is 14.3. The van der Waals surface area contributed by atoms with Crippen molar-refractivity contribution in [3.05, 3.63) is 83.9 Å². The first-order chi connectivity index (χ1) is 24.6. The lowest BCUT2D eigenvalue weighted by Crippen LogP contribution is -2.40. The number of hydrogen-bond acceptors (Lipinski definition) is 12. The van der Waals surface area contributed by atoms with E-state index < -0.39 is 36.0 Å². The van der Waals surface area contributed by atoms with Gasteiger partial charge in [-0.3, -0.25) is 0 Å². The Morgan fingerprint density at radius 1 is 1.00 bits per heavy atom. The van der Waals surface area contributed by atoms with Crippen molar-refractivity contribution in [3.8, 4) is 0 Å². The first kappa shape index (κ1) is 34.3. The molecule has 3 aromatic heterocycles. The summed E-state index contributed by atoms with van der Waals surface area (Å²) in [6.45, 7) is 9.06. The van der Waals surface area contributed by atoms with Crippen LogP contribution in [0.15, 0.2) is 67.0 Å². The first-order valence-corrected chi connectivity index (χ1v) is 17.5. The monoisotopic (exact) mass is 695 g/mol. The molecule has 1 saturated carbocycles. The van der Waals surface area contributed by atoms with Crippen molar-refractivity contribution in [3.63, 3.8) is 0 Å². The molecular weight excluding hydrogens is 650 g/mol. The van der Waals surface area contributed by atoms with Crippen LogP contribution in [0.25, 0.3) is 11.2 Å². The van der Waals surface area contributed by atoms with E-state index in [2.05, 4.69) is 50.3 Å². The zero-order valence-electron chi connectivity index (χ0n) is 29.3. The normalized spacial score (nSPS) is 22.2. The highest BCUT2D eigenvalue weighted by atomic mass is 16.6. The molecule has 4 heterocycles. The van der Waals surface area contributed by atoms with Crippen molar-refractivity contribution < 1.29 is 19.7 Å². The Balaban J connectivity index is 1.22. The van der Waals surface area contributed by atoms with E-state index in [1.807, 2.05) is 73.6 Å². The van der Waals surface area contributed by atoms with Crippen LogP contribution in [-0.4, -0.2) is 99.5 Å². The zero-order valence-corrected chi connectivity index (χ0v) is 29.3. The number of aryl methyl sites for hydroxylation is 1. The number of carbonyl (C=O) groups excluding carboxylic acids is 1. The molecule has 0 radical (unpaired) electrons. The van der Waals surface area contributed by atoms with Gasteiger partial charge in [-0.2, -0.15) is 14.8 Å². The highest BCUT2D eigenvalue weighted by Crippen LogP contribution is 2.40. The predicted molar refractivity (Wildman–Crippen MR) is 190 cm³/mol. The molecule has 268 valence electrons. The molecule has 51 heavy (non-hydrogen) atoms. The fourth-order valence-corrected chi connectivity index (χ4v) is 6.97. The molecule has 15 heteroatoms. The molecule has 7 rings (SSSR count). The lowest BCUT2D eigenvalue weighted by Gasteiger charge is -2.23. The van der Waals surface area contributed by atoms with Gasteiger partial charge in [0.1, 0.15) is 23.9 Å². The lowest BCUT2D eigenvalue weighted by atomic mass is 9.91. The molecule has 0 bridgehead atoms. The number of aliphatic hydroxyl groups is 2. The predicted octanol–water partition coefficient (Wildman–Crippen LogP) is 3.63. The highest BCUT2D eigenvalue weighted by Gasteiger charge is 2.45. The van der Waals surface area contributed by atoms with Crippen LogP contribution in [0.3, 0.4) is 0 Å². The smallest absolute Gasteiger partial charge is 0.407 e. The molecule has 5 atom stereocenters. The average Bonchev–Trinajstić information content (AvgIpc) is 3.92. The van der Waals surface area contributed by atoms with E-state index in [-0.39, 0.29) is 12.0 Å². The molecule has 1 saturated heterocycles. The van der Waals surface area contributed by atoms with Crippen LogP contribution in [0.2, 0.25) is 0 Å². The van der Waals surface area contributed by atoms with Gasteiger partial charge in [0, 0.05) is 32.0 Å². The fourth-order valence-electron chi connectivity index (χ4n) is 6.97. The van der Waals surface area contributed by atoms with Crippen LogP contribution < -0.4 is 15.5 Å². The summed E-state index contributed by atoms with van der Waals surface area (Å²) in [6, 6.07) is 19.3. The van der Waals surface area contributed by atoms with Crippen molar-refractivity contribution >= 4 is 29.0 Å². The average molecular weight is 696 g/mol. The molecule has 1 aliphatic heterocycles. The van der Waals surface area contributed by atoms with Crippen LogP contribution in [0.1, 0.15) is 75.5 Å². The topological polar surface area (TPSA) is 181 Å². The Bertz CT molecular complexity index is 1910. The summed E-state index contributed by atoms with van der Waals surface area (Å²) in [5, 5.41) is 41.7. The SMILES string of the molecule is CCc1nnn([C@H]2C[C@@H](n3cnc4c(NCC(c5ccccc5)c5ccccc5)nc(N5CC[C@@H](NC(=O)OC(C)(C)C)C5)nc43)C(O)C2O)n1. The quantitative estimate of drug-likeness (QED) is 0.167. The van der Waals surface area contributed by atoms with Crippen molar-refractivity contribution in [1.82, 2.24) is 45.0 Å². The molecule has 2 aliphatic rings. The van der Waals surface area contributed by atoms with Gasteiger partial charge in [0.25, 0.3) is 0 Å². The fraction of sp³-hybridized carbons (Fsp3) is 0.472. The lowest BCUT2D eigenvalue weighted by molar-refractivity contribution is 0.00473. The van der Waals surface area contributed by atoms with Crippen molar-refractivity contribution in [1.29, 1.82) is 0 Å². The Morgan fingerprint density at radius 2 is 1.69 bits per heavy atom. The summed E-state index contributed by atoms with van der Waals surface area (Å²) in [5.41, 5.74) is 2.76. The number of imidazole rings is 1. The number of tetrazole rings is 1. The second-order valence-corrected chi connectivity index (χ2v) is 14.3. The Kier molecular flexibility index (Phi) is 9.57. The van der Waals surface area contributed by atoms with Gasteiger partial charge in [0.05, 0.1) is 18.4 Å². The van der Waals surface area contributed by atoms with Crippen LogP contribution >= 0.6 is 0 Å². The number of hydrogen-bond donors (Lipinski definition) is 4. The maximum Gasteiger partial charge on any atom is 0.407 e. The Morgan fingerprint density at radius 3 is 2.33 bits per heavy atom. The van der Waals surface area contributed by atoms with E-state index in [1.54, 1.807) is 6.33 Å². The summed E-state index contributed by atoms with van der Waals surface area (Å²) >= 11 is 0. The summed E-state index contributed by atoms with van der Waals surface area (Å²) in [6.07, 6.45) is 0.560.